The average Bonchev–Trinajstić information content (AvgIpc) is 2.84. The van der Waals surface area contributed by atoms with Crippen LogP contribution in [0.2, 0.25) is 0 Å². The number of hydrogen-bond donors (Lipinski definition) is 1. The van der Waals surface area contributed by atoms with Crippen LogP contribution in [0.15, 0.2) is 23.6 Å². The molecule has 0 aliphatic carbocycles. The Hall–Kier alpha value is -1.34. The van der Waals surface area contributed by atoms with Crippen LogP contribution in [0, 0.1) is 0 Å². The largest absolute Gasteiger partial charge is 0.393 e. The van der Waals surface area contributed by atoms with Crippen LogP contribution in [-0.2, 0) is 6.42 Å². The van der Waals surface area contributed by atoms with E-state index in [0.29, 0.717) is 18.4 Å². The first kappa shape index (κ1) is 16.5. The van der Waals surface area contributed by atoms with Crippen LogP contribution in [0.1, 0.15) is 12.0 Å². The van der Waals surface area contributed by atoms with Gasteiger partial charge in [-0.15, -0.1) is 11.3 Å². The molecule has 1 aromatic carbocycles. The number of rotatable bonds is 3. The highest BCUT2D eigenvalue weighted by Crippen LogP contribution is 2.36. The molecule has 1 fully saturated rings. The van der Waals surface area contributed by atoms with Gasteiger partial charge in [0.15, 0.2) is 0 Å². The van der Waals surface area contributed by atoms with Crippen molar-refractivity contribution in [1.29, 1.82) is 0 Å². The standard InChI is InChI=1S/C16H18F4N2S/c1-22-6-5-13(12(17)8-22)21-14-4-2-3-11-10(7-16(18,19)20)9-23-15(11)14/h2-4,9,12-13,21H,5-8H2,1H3/t12-,13+/m0/s1. The van der Waals surface area contributed by atoms with E-state index in [4.69, 9.17) is 0 Å². The molecule has 2 heterocycles. The fourth-order valence-electron chi connectivity index (χ4n) is 3.00. The zero-order valence-electron chi connectivity index (χ0n) is 12.7. The number of halogens is 4. The minimum absolute atomic E-state index is 0.279. The molecule has 1 aliphatic heterocycles. The van der Waals surface area contributed by atoms with Crippen molar-refractivity contribution >= 4 is 27.1 Å². The monoisotopic (exact) mass is 346 g/mol. The molecule has 0 bridgehead atoms. The first-order chi connectivity index (χ1) is 10.8. The molecule has 3 rings (SSSR count). The lowest BCUT2D eigenvalue weighted by Gasteiger charge is -2.33. The number of benzene rings is 1. The number of nitrogens with zero attached hydrogens (tertiary/aromatic N) is 1. The summed E-state index contributed by atoms with van der Waals surface area (Å²) in [4.78, 5) is 1.94. The first-order valence-corrected chi connectivity index (χ1v) is 8.36. The zero-order chi connectivity index (χ0) is 16.6. The molecule has 23 heavy (non-hydrogen) atoms. The van der Waals surface area contributed by atoms with Crippen molar-refractivity contribution in [3.63, 3.8) is 0 Å². The maximum atomic E-state index is 14.2. The van der Waals surface area contributed by atoms with Gasteiger partial charge in [-0.05, 0) is 35.9 Å². The van der Waals surface area contributed by atoms with Crippen molar-refractivity contribution in [3.8, 4) is 0 Å². The summed E-state index contributed by atoms with van der Waals surface area (Å²) in [6.45, 7) is 1.18. The topological polar surface area (TPSA) is 15.3 Å². The van der Waals surface area contributed by atoms with Crippen molar-refractivity contribution in [2.24, 2.45) is 0 Å². The molecule has 126 valence electrons. The van der Waals surface area contributed by atoms with Crippen LogP contribution in [-0.4, -0.2) is 43.4 Å². The lowest BCUT2D eigenvalue weighted by atomic mass is 10.0. The van der Waals surface area contributed by atoms with E-state index in [1.165, 1.54) is 11.3 Å². The van der Waals surface area contributed by atoms with Gasteiger partial charge in [-0.2, -0.15) is 13.2 Å². The van der Waals surface area contributed by atoms with E-state index in [-0.39, 0.29) is 11.6 Å². The quantitative estimate of drug-likeness (QED) is 0.826. The SMILES string of the molecule is CN1CC[C@@H](Nc2cccc3c(CC(F)(F)F)csc23)[C@@H](F)C1. The Bertz CT molecular complexity index is 682. The molecular formula is C16H18F4N2S. The predicted molar refractivity (Wildman–Crippen MR) is 86.0 cm³/mol. The fourth-order valence-corrected chi connectivity index (χ4v) is 4.05. The van der Waals surface area contributed by atoms with Gasteiger partial charge in [0.1, 0.15) is 6.17 Å². The third-order valence-corrected chi connectivity index (χ3v) is 5.23. The minimum Gasteiger partial charge on any atom is -0.378 e. The van der Waals surface area contributed by atoms with Crippen LogP contribution >= 0.6 is 11.3 Å². The van der Waals surface area contributed by atoms with E-state index >= 15 is 0 Å². The van der Waals surface area contributed by atoms with Gasteiger partial charge in [0, 0.05) is 13.1 Å². The summed E-state index contributed by atoms with van der Waals surface area (Å²) in [6, 6.07) is 4.92. The van der Waals surface area contributed by atoms with Crippen LogP contribution in [0.5, 0.6) is 0 Å². The van der Waals surface area contributed by atoms with E-state index in [1.54, 1.807) is 23.6 Å². The summed E-state index contributed by atoms with van der Waals surface area (Å²) >= 11 is 1.28. The lowest BCUT2D eigenvalue weighted by molar-refractivity contribution is -0.126. The molecule has 2 atom stereocenters. The zero-order valence-corrected chi connectivity index (χ0v) is 13.5. The maximum Gasteiger partial charge on any atom is 0.393 e. The van der Waals surface area contributed by atoms with E-state index in [9.17, 15) is 17.6 Å². The third-order valence-electron chi connectivity index (χ3n) is 4.16. The number of thiophene rings is 1. The van der Waals surface area contributed by atoms with Crippen molar-refractivity contribution < 1.29 is 17.6 Å². The summed E-state index contributed by atoms with van der Waals surface area (Å²) < 4.78 is 52.9. The molecule has 2 nitrogen and oxygen atoms in total. The van der Waals surface area contributed by atoms with Gasteiger partial charge in [-0.25, -0.2) is 4.39 Å². The Labute approximate surface area is 136 Å². The predicted octanol–water partition coefficient (Wildman–Crippen LogP) is 4.46. The van der Waals surface area contributed by atoms with Gasteiger partial charge >= 0.3 is 6.18 Å². The highest BCUT2D eigenvalue weighted by atomic mass is 32.1. The summed E-state index contributed by atoms with van der Waals surface area (Å²) in [6.07, 6.45) is -5.47. The molecule has 1 N–H and O–H groups in total. The highest BCUT2D eigenvalue weighted by Gasteiger charge is 2.30. The van der Waals surface area contributed by atoms with Gasteiger partial charge in [-0.1, -0.05) is 12.1 Å². The molecule has 2 aromatic rings. The molecule has 0 unspecified atom stereocenters. The number of nitrogens with one attached hydrogen (secondary N) is 1. The van der Waals surface area contributed by atoms with Crippen LogP contribution in [0.25, 0.3) is 10.1 Å². The van der Waals surface area contributed by atoms with Gasteiger partial charge < -0.3 is 10.2 Å². The Morgan fingerprint density at radius 2 is 2.13 bits per heavy atom. The summed E-state index contributed by atoms with van der Waals surface area (Å²) in [5.74, 6) is 0. The summed E-state index contributed by atoms with van der Waals surface area (Å²) in [7, 11) is 1.88. The van der Waals surface area contributed by atoms with Gasteiger partial charge in [0.25, 0.3) is 0 Å². The Morgan fingerprint density at radius 1 is 1.35 bits per heavy atom. The van der Waals surface area contributed by atoms with Crippen molar-refractivity contribution in [3.05, 3.63) is 29.1 Å². The Balaban J connectivity index is 1.84. The van der Waals surface area contributed by atoms with Crippen molar-refractivity contribution in [1.82, 2.24) is 4.90 Å². The van der Waals surface area contributed by atoms with E-state index in [0.717, 1.165) is 16.9 Å². The third kappa shape index (κ3) is 3.77. The second-order valence-corrected chi connectivity index (χ2v) is 6.93. The van der Waals surface area contributed by atoms with Gasteiger partial charge in [0.05, 0.1) is 22.8 Å². The lowest BCUT2D eigenvalue weighted by Crippen LogP contribution is -2.46. The van der Waals surface area contributed by atoms with E-state index in [1.807, 2.05) is 11.9 Å². The fraction of sp³-hybridized carbons (Fsp3) is 0.500. The number of alkyl halides is 4. The van der Waals surface area contributed by atoms with Gasteiger partial charge in [-0.3, -0.25) is 0 Å². The summed E-state index contributed by atoms with van der Waals surface area (Å²) in [5, 5.41) is 5.34. The molecule has 0 amide bonds. The second-order valence-electron chi connectivity index (χ2n) is 6.05. The number of fused-ring (bicyclic) bond motifs is 1. The first-order valence-electron chi connectivity index (χ1n) is 7.48. The number of piperidine rings is 1. The smallest absolute Gasteiger partial charge is 0.378 e. The molecule has 1 aromatic heterocycles. The number of hydrogen-bond acceptors (Lipinski definition) is 3. The van der Waals surface area contributed by atoms with Crippen LogP contribution in [0.4, 0.5) is 23.2 Å². The Morgan fingerprint density at radius 3 is 2.83 bits per heavy atom. The van der Waals surface area contributed by atoms with E-state index in [2.05, 4.69) is 5.32 Å². The molecule has 0 spiro atoms. The van der Waals surface area contributed by atoms with E-state index < -0.39 is 18.8 Å². The molecular weight excluding hydrogens is 328 g/mol. The van der Waals surface area contributed by atoms with Crippen LogP contribution < -0.4 is 5.32 Å². The van der Waals surface area contributed by atoms with Crippen LogP contribution in [0.3, 0.4) is 0 Å². The van der Waals surface area contributed by atoms with Crippen molar-refractivity contribution in [2.75, 3.05) is 25.5 Å². The van der Waals surface area contributed by atoms with Gasteiger partial charge in [0.2, 0.25) is 0 Å². The maximum absolute atomic E-state index is 14.2. The highest BCUT2D eigenvalue weighted by molar-refractivity contribution is 7.18. The average molecular weight is 346 g/mol. The molecule has 7 heteroatoms. The molecule has 0 saturated carbocycles. The second kappa shape index (κ2) is 6.28. The molecule has 1 aliphatic rings. The number of likely N-dealkylation sites (tertiary alicyclic amines) is 1. The molecule has 1 saturated heterocycles. The normalized spacial score (nSPS) is 23.3. The molecule has 0 radical (unpaired) electrons. The summed E-state index contributed by atoms with van der Waals surface area (Å²) in [5.41, 5.74) is 0.999. The number of anilines is 1. The Kier molecular flexibility index (Phi) is 4.51. The van der Waals surface area contributed by atoms with Crippen molar-refractivity contribution in [2.45, 2.75) is 31.2 Å². The minimum atomic E-state index is -4.23.